The number of carbonyl (C=O) groups is 1. The highest BCUT2D eigenvalue weighted by atomic mass is 16.5. The van der Waals surface area contributed by atoms with Crippen molar-refractivity contribution in [2.75, 3.05) is 6.61 Å². The van der Waals surface area contributed by atoms with E-state index in [1.807, 2.05) is 0 Å². The minimum atomic E-state index is -0.782. The maximum absolute atomic E-state index is 9.56. The Balaban J connectivity index is 2.99. The van der Waals surface area contributed by atoms with Gasteiger partial charge in [-0.25, -0.2) is 4.79 Å². The molecule has 0 saturated heterocycles. The molecule has 0 bridgehead atoms. The van der Waals surface area contributed by atoms with Crippen LogP contribution in [0.4, 0.5) is 0 Å². The highest BCUT2D eigenvalue weighted by Crippen LogP contribution is 1.41. The molecule has 0 saturated carbocycles. The molecule has 0 spiro atoms. The van der Waals surface area contributed by atoms with Crippen LogP contribution in [-0.2, 0) is 4.79 Å². The van der Waals surface area contributed by atoms with Crippen molar-refractivity contribution >= 4 is 5.91 Å². The molecule has 0 aliphatic rings. The zero-order valence-electron chi connectivity index (χ0n) is 3.05. The first kappa shape index (κ1) is 5.55. The topological polar surface area (TPSA) is 77.0 Å². The van der Waals surface area contributed by atoms with Crippen molar-refractivity contribution in [1.82, 2.24) is 0 Å². The Hall–Kier alpha value is -0.450. The Bertz CT molecular complexity index is 46.8. The van der Waals surface area contributed by atoms with E-state index in [0.29, 0.717) is 0 Å². The molecule has 0 aromatic carbocycles. The van der Waals surface area contributed by atoms with Crippen molar-refractivity contribution in [3.8, 4) is 0 Å². The number of hydrogen-bond donors (Lipinski definition) is 2. The van der Waals surface area contributed by atoms with E-state index < -0.39 is 12.5 Å². The van der Waals surface area contributed by atoms with Crippen molar-refractivity contribution in [3.05, 3.63) is 5.21 Å². The van der Waals surface area contributed by atoms with Crippen molar-refractivity contribution in [2.24, 2.45) is 0 Å². The van der Waals surface area contributed by atoms with Crippen LogP contribution in [-0.4, -0.2) is 17.6 Å². The van der Waals surface area contributed by atoms with E-state index in [1.165, 1.54) is 0 Å². The van der Waals surface area contributed by atoms with Gasteiger partial charge in [0.2, 0.25) is 0 Å². The Morgan fingerprint density at radius 3 is 2.50 bits per heavy atom. The molecule has 4 heteroatoms. The van der Waals surface area contributed by atoms with Gasteiger partial charge in [-0.15, -0.1) is 0 Å². The molecule has 0 fully saturated rings. The average Bonchev–Trinajstić information content (AvgIpc) is 1.65. The summed E-state index contributed by atoms with van der Waals surface area (Å²) in [5, 5.41) is 17.0. The number of hydrogen-bond acceptors (Lipinski definition) is 3. The van der Waals surface area contributed by atoms with Crippen molar-refractivity contribution < 1.29 is 15.4 Å². The van der Waals surface area contributed by atoms with Gasteiger partial charge in [-0.05, 0) is 0 Å². The summed E-state index contributed by atoms with van der Waals surface area (Å²) in [6.07, 6.45) is 0. The summed E-state index contributed by atoms with van der Waals surface area (Å²) in [5.41, 5.74) is 0.0833. The second-order valence-corrected chi connectivity index (χ2v) is 0.742. The SMILES string of the molecule is O=C(CO)[NH2+][O-]. The number of hydroxylamine groups is 1. The molecule has 1 amide bonds. The Kier molecular flexibility index (Phi) is 2.56. The standard InChI is InChI=1S/C2H5NO3/c4-1-2(5)3-6/h4H,1,3H2. The van der Waals surface area contributed by atoms with E-state index in [0.717, 1.165) is 0 Å². The summed E-state index contributed by atoms with van der Waals surface area (Å²) in [7, 11) is 0. The van der Waals surface area contributed by atoms with Gasteiger partial charge in [0.15, 0.2) is 6.61 Å². The lowest BCUT2D eigenvalue weighted by Gasteiger charge is -1.91. The number of primary amides is 1. The van der Waals surface area contributed by atoms with Gasteiger partial charge in [0.25, 0.3) is 0 Å². The van der Waals surface area contributed by atoms with Gasteiger partial charge in [0.1, 0.15) is 0 Å². The normalized spacial score (nSPS) is 8.33. The van der Waals surface area contributed by atoms with Crippen LogP contribution < -0.4 is 5.48 Å². The van der Waals surface area contributed by atoms with E-state index in [4.69, 9.17) is 5.11 Å². The molecule has 0 unspecified atom stereocenters. The zero-order chi connectivity index (χ0) is 4.99. The van der Waals surface area contributed by atoms with Crippen molar-refractivity contribution in [3.63, 3.8) is 0 Å². The van der Waals surface area contributed by atoms with Gasteiger partial charge >= 0.3 is 5.91 Å². The van der Waals surface area contributed by atoms with Crippen LogP contribution in [0.1, 0.15) is 0 Å². The lowest BCUT2D eigenvalue weighted by molar-refractivity contribution is -0.501. The molecule has 0 heterocycles. The minimum absolute atomic E-state index is 0.0833. The summed E-state index contributed by atoms with van der Waals surface area (Å²) in [4.78, 5) is 9.56. The maximum Gasteiger partial charge on any atom is 0.335 e. The van der Waals surface area contributed by atoms with E-state index in [2.05, 4.69) is 0 Å². The van der Waals surface area contributed by atoms with Gasteiger partial charge in [0.05, 0.1) is 0 Å². The second kappa shape index (κ2) is 2.77. The number of carbonyl (C=O) groups excluding carboxylic acids is 1. The molecule has 6 heavy (non-hydrogen) atoms. The highest BCUT2D eigenvalue weighted by Gasteiger charge is 1.90. The van der Waals surface area contributed by atoms with Crippen LogP contribution in [0.3, 0.4) is 0 Å². The minimum Gasteiger partial charge on any atom is -0.628 e. The molecule has 0 atom stereocenters. The van der Waals surface area contributed by atoms with E-state index >= 15 is 0 Å². The van der Waals surface area contributed by atoms with Crippen molar-refractivity contribution in [1.29, 1.82) is 0 Å². The number of quaternary nitrogens is 1. The molecule has 3 N–H and O–H groups in total. The Morgan fingerprint density at radius 2 is 2.50 bits per heavy atom. The predicted molar refractivity (Wildman–Crippen MR) is 17.4 cm³/mol. The number of nitrogens with two attached hydrogens (primary N) is 1. The first-order valence-corrected chi connectivity index (χ1v) is 1.40. The third kappa shape index (κ3) is 1.83. The van der Waals surface area contributed by atoms with Crippen molar-refractivity contribution in [2.45, 2.75) is 0 Å². The molecule has 0 rings (SSSR count). The summed E-state index contributed by atoms with van der Waals surface area (Å²) in [6, 6.07) is 0. The van der Waals surface area contributed by atoms with Crippen LogP contribution in [0, 0.1) is 5.21 Å². The number of amides is 1. The van der Waals surface area contributed by atoms with Gasteiger partial charge in [-0.3, -0.25) is 0 Å². The lowest BCUT2D eigenvalue weighted by Crippen LogP contribution is -2.82. The van der Waals surface area contributed by atoms with Crippen LogP contribution in [0.25, 0.3) is 0 Å². The van der Waals surface area contributed by atoms with Gasteiger partial charge in [-0.2, -0.15) is 0 Å². The fraction of sp³-hybridized carbons (Fsp3) is 0.500. The summed E-state index contributed by atoms with van der Waals surface area (Å²) in [6.45, 7) is -0.677. The lowest BCUT2D eigenvalue weighted by atomic mass is 10.7. The fourth-order valence-corrected chi connectivity index (χ4v) is 0.0373. The summed E-state index contributed by atoms with van der Waals surface area (Å²) < 4.78 is 0. The fourth-order valence-electron chi connectivity index (χ4n) is 0.0373. The van der Waals surface area contributed by atoms with Crippen LogP contribution in [0.2, 0.25) is 0 Å². The molecular weight excluding hydrogens is 86.0 g/mol. The van der Waals surface area contributed by atoms with Gasteiger partial charge in [-0.1, -0.05) is 0 Å². The van der Waals surface area contributed by atoms with Crippen LogP contribution in [0.5, 0.6) is 0 Å². The smallest absolute Gasteiger partial charge is 0.335 e. The quantitative estimate of drug-likeness (QED) is 0.352. The number of aliphatic hydroxyl groups excluding tert-OH is 1. The van der Waals surface area contributed by atoms with Gasteiger partial charge in [0, 0.05) is 0 Å². The molecule has 0 aliphatic heterocycles. The van der Waals surface area contributed by atoms with Crippen LogP contribution >= 0.6 is 0 Å². The molecule has 36 valence electrons. The van der Waals surface area contributed by atoms with E-state index in [1.54, 1.807) is 0 Å². The third-order valence-corrected chi connectivity index (χ3v) is 0.287. The third-order valence-electron chi connectivity index (χ3n) is 0.287. The molecular formula is C2H5NO3. The second-order valence-electron chi connectivity index (χ2n) is 0.742. The monoisotopic (exact) mass is 91.0 g/mol. The first-order chi connectivity index (χ1) is 2.81. The maximum atomic E-state index is 9.56. The number of rotatable bonds is 1. The summed E-state index contributed by atoms with van der Waals surface area (Å²) in [5.74, 6) is -0.782. The van der Waals surface area contributed by atoms with Crippen LogP contribution in [0.15, 0.2) is 0 Å². The number of aliphatic hydroxyl groups is 1. The predicted octanol–water partition coefficient (Wildman–Crippen LogP) is -2.43. The largest absolute Gasteiger partial charge is 0.628 e. The van der Waals surface area contributed by atoms with Gasteiger partial charge < -0.3 is 15.8 Å². The summed E-state index contributed by atoms with van der Waals surface area (Å²) >= 11 is 0. The Labute approximate surface area is 34.4 Å². The molecule has 0 aliphatic carbocycles. The molecule has 0 aromatic rings. The molecule has 0 radical (unpaired) electrons. The molecule has 4 nitrogen and oxygen atoms in total. The van der Waals surface area contributed by atoms with E-state index in [9.17, 15) is 10.0 Å². The zero-order valence-corrected chi connectivity index (χ0v) is 3.05. The Morgan fingerprint density at radius 1 is 2.00 bits per heavy atom. The highest BCUT2D eigenvalue weighted by molar-refractivity contribution is 5.66. The van der Waals surface area contributed by atoms with E-state index in [-0.39, 0.29) is 5.48 Å². The average molecular weight is 91.1 g/mol. The molecule has 0 aromatic heterocycles. The first-order valence-electron chi connectivity index (χ1n) is 1.40.